The molecule has 2 aliphatic rings. The Morgan fingerprint density at radius 2 is 1.67 bits per heavy atom. The van der Waals surface area contributed by atoms with Crippen molar-refractivity contribution in [1.29, 1.82) is 0 Å². The zero-order valence-electron chi connectivity index (χ0n) is 11.3. The van der Waals surface area contributed by atoms with E-state index < -0.39 is 0 Å². The van der Waals surface area contributed by atoms with Crippen LogP contribution in [0, 0.1) is 22.2 Å². The Balaban J connectivity index is 2.53. The van der Waals surface area contributed by atoms with Gasteiger partial charge in [0.1, 0.15) is 0 Å². The molecule has 0 radical (unpaired) electrons. The highest BCUT2D eigenvalue weighted by molar-refractivity contribution is 7.19. The van der Waals surface area contributed by atoms with E-state index in [0.29, 0.717) is 21.4 Å². The summed E-state index contributed by atoms with van der Waals surface area (Å²) in [6.07, 6.45) is 4.21. The first-order chi connectivity index (χ1) is 6.73. The largest absolute Gasteiger partial charge is 0.131 e. The Kier molecular flexibility index (Phi) is 2.23. The molecular formula is C14H27P. The van der Waals surface area contributed by atoms with E-state index in [1.54, 1.807) is 0 Å². The summed E-state index contributed by atoms with van der Waals surface area (Å²) in [7, 11) is 3.19. The Morgan fingerprint density at radius 1 is 1.13 bits per heavy atom. The number of rotatable bonds is 2. The molecule has 0 heterocycles. The zero-order chi connectivity index (χ0) is 11.7. The lowest BCUT2D eigenvalue weighted by atomic mass is 9.68. The zero-order valence-corrected chi connectivity index (χ0v) is 12.4. The molecule has 2 fully saturated rings. The van der Waals surface area contributed by atoms with Crippen LogP contribution in [0.5, 0.6) is 0 Å². The van der Waals surface area contributed by atoms with Crippen molar-refractivity contribution in [3.05, 3.63) is 0 Å². The van der Waals surface area contributed by atoms with Gasteiger partial charge < -0.3 is 0 Å². The lowest BCUT2D eigenvalue weighted by Crippen LogP contribution is -2.41. The first-order valence-electron chi connectivity index (χ1n) is 6.52. The predicted molar refractivity (Wildman–Crippen MR) is 71.1 cm³/mol. The Morgan fingerprint density at radius 3 is 2.00 bits per heavy atom. The lowest BCUT2D eigenvalue weighted by molar-refractivity contribution is 0.150. The second-order valence-electron chi connectivity index (χ2n) is 6.75. The molecule has 0 spiro atoms. The van der Waals surface area contributed by atoms with Crippen LogP contribution in [0.15, 0.2) is 0 Å². The third-order valence-electron chi connectivity index (χ3n) is 6.95. The highest BCUT2D eigenvalue weighted by Crippen LogP contribution is 2.88. The van der Waals surface area contributed by atoms with Crippen molar-refractivity contribution in [2.45, 2.75) is 66.0 Å². The van der Waals surface area contributed by atoms with Crippen molar-refractivity contribution in [2.24, 2.45) is 22.2 Å². The minimum Gasteiger partial charge on any atom is -0.131 e. The maximum atomic E-state index is 3.19. The van der Waals surface area contributed by atoms with Gasteiger partial charge in [-0.15, -0.1) is 9.24 Å². The molecule has 0 aliphatic heterocycles. The number of fused-ring (bicyclic) bond motifs is 1. The summed E-state index contributed by atoms with van der Waals surface area (Å²) in [4.78, 5) is 0. The molecule has 2 rings (SSSR count). The average molecular weight is 226 g/mol. The van der Waals surface area contributed by atoms with Gasteiger partial charge in [0.2, 0.25) is 0 Å². The first-order valence-corrected chi connectivity index (χ1v) is 7.10. The molecule has 5 atom stereocenters. The molecule has 15 heavy (non-hydrogen) atoms. The standard InChI is InChI=1S/C14H27P/c1-7-13-9-14(13,8-2)11(4,5)12(6,15)10(13)3/h10H,7-9,15H2,1-6H3. The van der Waals surface area contributed by atoms with Crippen LogP contribution in [-0.4, -0.2) is 5.16 Å². The van der Waals surface area contributed by atoms with E-state index in [1.165, 1.54) is 19.3 Å². The summed E-state index contributed by atoms with van der Waals surface area (Å²) in [5.41, 5.74) is 1.75. The van der Waals surface area contributed by atoms with Crippen molar-refractivity contribution in [2.75, 3.05) is 0 Å². The topological polar surface area (TPSA) is 0 Å². The molecule has 0 amide bonds. The molecule has 0 aromatic carbocycles. The minimum atomic E-state index is 0.414. The Labute approximate surface area is 97.8 Å². The maximum absolute atomic E-state index is 3.19. The third-order valence-corrected chi connectivity index (χ3v) is 8.17. The van der Waals surface area contributed by atoms with Crippen LogP contribution in [0.25, 0.3) is 0 Å². The SMILES string of the molecule is CCC12CC1(CC)C(C)(C)C(C)(P)C2C. The fourth-order valence-corrected chi connectivity index (χ4v) is 5.82. The highest BCUT2D eigenvalue weighted by Gasteiger charge is 2.82. The lowest BCUT2D eigenvalue weighted by Gasteiger charge is -2.45. The number of hydrogen-bond acceptors (Lipinski definition) is 0. The van der Waals surface area contributed by atoms with Gasteiger partial charge >= 0.3 is 0 Å². The van der Waals surface area contributed by atoms with Gasteiger partial charge in [0.05, 0.1) is 0 Å². The van der Waals surface area contributed by atoms with Crippen molar-refractivity contribution < 1.29 is 0 Å². The molecule has 2 saturated carbocycles. The van der Waals surface area contributed by atoms with Crippen LogP contribution < -0.4 is 0 Å². The molecule has 5 unspecified atom stereocenters. The Bertz CT molecular complexity index is 292. The molecule has 0 saturated heterocycles. The van der Waals surface area contributed by atoms with Crippen molar-refractivity contribution in [3.8, 4) is 0 Å². The molecule has 0 bridgehead atoms. The van der Waals surface area contributed by atoms with E-state index in [0.717, 1.165) is 5.92 Å². The summed E-state index contributed by atoms with van der Waals surface area (Å²) in [5, 5.41) is 0.414. The van der Waals surface area contributed by atoms with Crippen LogP contribution in [0.3, 0.4) is 0 Å². The smallest absolute Gasteiger partial charge is 0.00909 e. The summed E-state index contributed by atoms with van der Waals surface area (Å²) in [6.45, 7) is 14.8. The molecule has 88 valence electrons. The van der Waals surface area contributed by atoms with E-state index in [4.69, 9.17) is 0 Å². The van der Waals surface area contributed by atoms with Crippen LogP contribution >= 0.6 is 9.24 Å². The van der Waals surface area contributed by atoms with Gasteiger partial charge in [0, 0.05) is 0 Å². The van der Waals surface area contributed by atoms with Crippen LogP contribution in [0.2, 0.25) is 0 Å². The normalized spacial score (nSPS) is 56.6. The average Bonchev–Trinajstić information content (AvgIpc) is 2.84. The van der Waals surface area contributed by atoms with E-state index in [2.05, 4.69) is 50.8 Å². The molecular weight excluding hydrogens is 199 g/mol. The molecule has 2 aliphatic carbocycles. The van der Waals surface area contributed by atoms with Gasteiger partial charge in [-0.1, -0.05) is 41.5 Å². The minimum absolute atomic E-state index is 0.414. The van der Waals surface area contributed by atoms with Crippen molar-refractivity contribution in [1.82, 2.24) is 0 Å². The number of hydrogen-bond donors (Lipinski definition) is 0. The van der Waals surface area contributed by atoms with Gasteiger partial charge in [-0.3, -0.25) is 0 Å². The van der Waals surface area contributed by atoms with Gasteiger partial charge in [-0.25, -0.2) is 0 Å². The summed E-state index contributed by atoms with van der Waals surface area (Å²) >= 11 is 0. The van der Waals surface area contributed by atoms with Crippen molar-refractivity contribution in [3.63, 3.8) is 0 Å². The fourth-order valence-electron chi connectivity index (χ4n) is 5.22. The van der Waals surface area contributed by atoms with Gasteiger partial charge in [-0.05, 0) is 46.6 Å². The summed E-state index contributed by atoms with van der Waals surface area (Å²) in [6, 6.07) is 0. The second-order valence-corrected chi connectivity index (χ2v) is 7.95. The third kappa shape index (κ3) is 0.912. The molecule has 1 heteroatoms. The molecule has 0 aromatic rings. The Hall–Kier alpha value is 0.430. The van der Waals surface area contributed by atoms with E-state index in [-0.39, 0.29) is 0 Å². The molecule has 0 aromatic heterocycles. The van der Waals surface area contributed by atoms with Crippen LogP contribution in [0.4, 0.5) is 0 Å². The van der Waals surface area contributed by atoms with Crippen LogP contribution in [0.1, 0.15) is 60.8 Å². The molecule has 0 nitrogen and oxygen atoms in total. The summed E-state index contributed by atoms with van der Waals surface area (Å²) in [5.74, 6) is 0.843. The van der Waals surface area contributed by atoms with Gasteiger partial charge in [0.15, 0.2) is 0 Å². The van der Waals surface area contributed by atoms with Gasteiger partial charge in [-0.2, -0.15) is 0 Å². The van der Waals surface area contributed by atoms with Gasteiger partial charge in [0.25, 0.3) is 0 Å². The quantitative estimate of drug-likeness (QED) is 0.608. The predicted octanol–water partition coefficient (Wildman–Crippen LogP) is 4.49. The van der Waals surface area contributed by atoms with E-state index in [9.17, 15) is 0 Å². The maximum Gasteiger partial charge on any atom is -0.00909 e. The first kappa shape index (κ1) is 11.9. The van der Waals surface area contributed by atoms with Crippen LogP contribution in [-0.2, 0) is 0 Å². The highest BCUT2D eigenvalue weighted by atomic mass is 31.0. The second kappa shape index (κ2) is 2.81. The summed E-state index contributed by atoms with van der Waals surface area (Å²) < 4.78 is 0. The van der Waals surface area contributed by atoms with E-state index in [1.807, 2.05) is 0 Å². The van der Waals surface area contributed by atoms with Crippen molar-refractivity contribution >= 4 is 9.24 Å². The fraction of sp³-hybridized carbons (Fsp3) is 1.00. The molecule has 0 N–H and O–H groups in total. The van der Waals surface area contributed by atoms with E-state index >= 15 is 0 Å². The monoisotopic (exact) mass is 226 g/mol.